The zero-order valence-corrected chi connectivity index (χ0v) is 16.5. The zero-order chi connectivity index (χ0) is 19.4. The molecule has 6 nitrogen and oxygen atoms in total. The topological polar surface area (TPSA) is 69.7 Å². The Morgan fingerprint density at radius 3 is 2.44 bits per heavy atom. The van der Waals surface area contributed by atoms with E-state index in [0.29, 0.717) is 25.3 Å². The van der Waals surface area contributed by atoms with Crippen LogP contribution in [0.5, 0.6) is 0 Å². The summed E-state index contributed by atoms with van der Waals surface area (Å²) in [4.78, 5) is 14.9. The molecular weight excluding hydrogens is 369 g/mol. The van der Waals surface area contributed by atoms with Crippen molar-refractivity contribution in [1.82, 2.24) is 14.5 Å². The van der Waals surface area contributed by atoms with Crippen LogP contribution >= 0.6 is 0 Å². The van der Waals surface area contributed by atoms with Crippen molar-refractivity contribution in [2.45, 2.75) is 30.6 Å². The highest BCUT2D eigenvalue weighted by atomic mass is 32.2. The molecule has 1 unspecified atom stereocenters. The van der Waals surface area contributed by atoms with Gasteiger partial charge in [0.2, 0.25) is 15.9 Å². The lowest BCUT2D eigenvalue weighted by Gasteiger charge is -2.37. The lowest BCUT2D eigenvalue weighted by Crippen LogP contribution is -2.49. The summed E-state index contributed by atoms with van der Waals surface area (Å²) in [6, 6.07) is 4.86. The molecule has 150 valence electrons. The smallest absolute Gasteiger partial charge is 0.243 e. The van der Waals surface area contributed by atoms with Gasteiger partial charge >= 0.3 is 0 Å². The summed E-state index contributed by atoms with van der Waals surface area (Å²) < 4.78 is 40.1. The van der Waals surface area contributed by atoms with Gasteiger partial charge in [0.05, 0.1) is 10.8 Å². The Kier molecular flexibility index (Phi) is 6.49. The van der Waals surface area contributed by atoms with Gasteiger partial charge in [-0.05, 0) is 69.5 Å². The molecule has 2 aliphatic rings. The summed E-state index contributed by atoms with van der Waals surface area (Å²) in [7, 11) is -1.76. The van der Waals surface area contributed by atoms with E-state index in [1.807, 2.05) is 11.9 Å². The molecule has 0 spiro atoms. The lowest BCUT2D eigenvalue weighted by molar-refractivity contribution is -0.138. The van der Waals surface area contributed by atoms with Gasteiger partial charge in [-0.1, -0.05) is 0 Å². The first-order chi connectivity index (χ1) is 12.9. The highest BCUT2D eigenvalue weighted by molar-refractivity contribution is 7.89. The third-order valence-corrected chi connectivity index (χ3v) is 7.48. The van der Waals surface area contributed by atoms with Gasteiger partial charge in [-0.15, -0.1) is 0 Å². The number of sulfonamides is 1. The summed E-state index contributed by atoms with van der Waals surface area (Å²) in [5, 5.41) is 3.19. The number of amides is 1. The average molecular weight is 398 g/mol. The maximum atomic E-state index is 13.1. The van der Waals surface area contributed by atoms with Gasteiger partial charge in [0.15, 0.2) is 0 Å². The third kappa shape index (κ3) is 4.67. The molecule has 1 aromatic rings. The summed E-state index contributed by atoms with van der Waals surface area (Å²) in [6.45, 7) is 3.05. The number of hydrogen-bond acceptors (Lipinski definition) is 4. The second-order valence-electron chi connectivity index (χ2n) is 7.48. The predicted molar refractivity (Wildman–Crippen MR) is 101 cm³/mol. The summed E-state index contributed by atoms with van der Waals surface area (Å²) in [6.07, 6.45) is 3.34. The van der Waals surface area contributed by atoms with Gasteiger partial charge in [-0.3, -0.25) is 4.79 Å². The minimum absolute atomic E-state index is 0.0666. The van der Waals surface area contributed by atoms with Crippen LogP contribution in [0, 0.1) is 17.7 Å². The van der Waals surface area contributed by atoms with Gasteiger partial charge in [0.1, 0.15) is 5.82 Å². The van der Waals surface area contributed by atoms with Crippen LogP contribution in [0.4, 0.5) is 4.39 Å². The molecule has 0 saturated carbocycles. The molecular formula is C19H28FN3O3S. The van der Waals surface area contributed by atoms with E-state index in [2.05, 4.69) is 5.32 Å². The van der Waals surface area contributed by atoms with Crippen molar-refractivity contribution in [2.75, 3.05) is 39.8 Å². The first-order valence-corrected chi connectivity index (χ1v) is 11.0. The fraction of sp³-hybridized carbons (Fsp3) is 0.632. The van der Waals surface area contributed by atoms with Gasteiger partial charge < -0.3 is 10.2 Å². The Balaban J connectivity index is 1.64. The predicted octanol–water partition coefficient (Wildman–Crippen LogP) is 1.68. The van der Waals surface area contributed by atoms with E-state index in [0.717, 1.165) is 44.6 Å². The second kappa shape index (κ2) is 8.67. The molecule has 0 radical (unpaired) electrons. The van der Waals surface area contributed by atoms with Crippen molar-refractivity contribution >= 4 is 15.9 Å². The second-order valence-corrected chi connectivity index (χ2v) is 9.42. The number of halogens is 1. The molecule has 1 amide bonds. The van der Waals surface area contributed by atoms with E-state index in [1.165, 1.54) is 16.4 Å². The van der Waals surface area contributed by atoms with Crippen LogP contribution in [-0.2, 0) is 14.8 Å². The van der Waals surface area contributed by atoms with Crippen molar-refractivity contribution in [2.24, 2.45) is 11.8 Å². The Labute approximate surface area is 160 Å². The van der Waals surface area contributed by atoms with Crippen molar-refractivity contribution in [3.63, 3.8) is 0 Å². The molecule has 2 saturated heterocycles. The third-order valence-electron chi connectivity index (χ3n) is 5.60. The number of carbonyl (C=O) groups excluding carboxylic acids is 1. The highest BCUT2D eigenvalue weighted by Gasteiger charge is 2.35. The molecule has 8 heteroatoms. The quantitative estimate of drug-likeness (QED) is 0.821. The number of nitrogens with zero attached hydrogens (tertiary/aromatic N) is 2. The fourth-order valence-corrected chi connectivity index (χ4v) is 5.55. The Morgan fingerprint density at radius 1 is 1.15 bits per heavy atom. The lowest BCUT2D eigenvalue weighted by atomic mass is 9.93. The Bertz CT molecular complexity index is 746. The number of carbonyl (C=O) groups is 1. The van der Waals surface area contributed by atoms with Crippen molar-refractivity contribution in [3.05, 3.63) is 30.1 Å². The number of benzene rings is 1. The Morgan fingerprint density at radius 2 is 1.81 bits per heavy atom. The minimum Gasteiger partial charge on any atom is -0.342 e. The van der Waals surface area contributed by atoms with Crippen LogP contribution in [0.15, 0.2) is 29.2 Å². The number of nitrogens with one attached hydrogen (secondary N) is 1. The standard InChI is InChI=1S/C19H28FN3O3S/c1-21-13-15-8-11-22(12-9-15)19(24)16-3-2-10-23(14-16)27(25,26)18-6-4-17(20)5-7-18/h4-7,15-16,21H,2-3,8-14H2,1H3. The van der Waals surface area contributed by atoms with Crippen LogP contribution in [-0.4, -0.2) is 63.3 Å². The number of hydrogen-bond donors (Lipinski definition) is 1. The molecule has 0 aromatic heterocycles. The van der Waals surface area contributed by atoms with Crippen LogP contribution in [0.25, 0.3) is 0 Å². The monoisotopic (exact) mass is 397 g/mol. The molecule has 2 aliphatic heterocycles. The average Bonchev–Trinajstić information content (AvgIpc) is 2.69. The zero-order valence-electron chi connectivity index (χ0n) is 15.7. The number of likely N-dealkylation sites (tertiary alicyclic amines) is 1. The summed E-state index contributed by atoms with van der Waals surface area (Å²) in [5.41, 5.74) is 0. The van der Waals surface area contributed by atoms with E-state index in [-0.39, 0.29) is 23.3 Å². The van der Waals surface area contributed by atoms with Crippen LogP contribution in [0.1, 0.15) is 25.7 Å². The van der Waals surface area contributed by atoms with Gasteiger partial charge in [-0.2, -0.15) is 4.31 Å². The van der Waals surface area contributed by atoms with Gasteiger partial charge in [-0.25, -0.2) is 12.8 Å². The van der Waals surface area contributed by atoms with E-state index < -0.39 is 15.8 Å². The van der Waals surface area contributed by atoms with Crippen LogP contribution in [0.3, 0.4) is 0 Å². The van der Waals surface area contributed by atoms with Crippen molar-refractivity contribution < 1.29 is 17.6 Å². The maximum Gasteiger partial charge on any atom is 0.243 e. The molecule has 1 N–H and O–H groups in total. The normalized spacial score (nSPS) is 22.7. The molecule has 27 heavy (non-hydrogen) atoms. The van der Waals surface area contributed by atoms with Crippen LogP contribution in [0.2, 0.25) is 0 Å². The number of rotatable bonds is 5. The first kappa shape index (κ1) is 20.2. The summed E-state index contributed by atoms with van der Waals surface area (Å²) >= 11 is 0. The first-order valence-electron chi connectivity index (χ1n) is 9.61. The van der Waals surface area contributed by atoms with E-state index in [9.17, 15) is 17.6 Å². The highest BCUT2D eigenvalue weighted by Crippen LogP contribution is 2.27. The fourth-order valence-electron chi connectivity index (χ4n) is 4.02. The molecule has 0 bridgehead atoms. The molecule has 1 atom stereocenters. The van der Waals surface area contributed by atoms with Gasteiger partial charge in [0.25, 0.3) is 0 Å². The van der Waals surface area contributed by atoms with E-state index >= 15 is 0 Å². The molecule has 3 rings (SSSR count). The van der Waals surface area contributed by atoms with Crippen LogP contribution < -0.4 is 5.32 Å². The molecule has 1 aromatic carbocycles. The SMILES string of the molecule is CNCC1CCN(C(=O)C2CCCN(S(=O)(=O)c3ccc(F)cc3)C2)CC1. The minimum atomic E-state index is -3.70. The van der Waals surface area contributed by atoms with Crippen molar-refractivity contribution in [3.8, 4) is 0 Å². The Hall–Kier alpha value is -1.51. The molecule has 2 heterocycles. The maximum absolute atomic E-state index is 13.1. The largest absolute Gasteiger partial charge is 0.342 e. The van der Waals surface area contributed by atoms with Gasteiger partial charge in [0, 0.05) is 26.2 Å². The summed E-state index contributed by atoms with van der Waals surface area (Å²) in [5.74, 6) is -0.102. The van der Waals surface area contributed by atoms with E-state index in [1.54, 1.807) is 0 Å². The molecule has 2 fully saturated rings. The van der Waals surface area contributed by atoms with E-state index in [4.69, 9.17) is 0 Å². The van der Waals surface area contributed by atoms with Crippen molar-refractivity contribution in [1.29, 1.82) is 0 Å². The number of piperidine rings is 2. The molecule has 0 aliphatic carbocycles.